The molecule has 2 bridgehead atoms. The zero-order valence-corrected chi connectivity index (χ0v) is 18.8. The highest BCUT2D eigenvalue weighted by atomic mass is 16.5. The summed E-state index contributed by atoms with van der Waals surface area (Å²) in [6.45, 7) is 9.16. The van der Waals surface area contributed by atoms with E-state index in [2.05, 4.69) is 20.8 Å². The predicted octanol–water partition coefficient (Wildman–Crippen LogP) is 5.69. The Morgan fingerprint density at radius 1 is 1.03 bits per heavy atom. The van der Waals surface area contributed by atoms with E-state index in [1.54, 1.807) is 0 Å². The number of fused-ring (bicyclic) bond motifs is 3. The topological polar surface area (TPSA) is 63.6 Å². The molecule has 0 heterocycles. The van der Waals surface area contributed by atoms with E-state index in [-0.39, 0.29) is 11.4 Å². The lowest BCUT2D eigenvalue weighted by Crippen LogP contribution is -2.58. The lowest BCUT2D eigenvalue weighted by atomic mass is 9.41. The smallest absolute Gasteiger partial charge is 0.309 e. The lowest BCUT2D eigenvalue weighted by molar-refractivity contribution is -0.181. The molecule has 4 aliphatic carbocycles. The molecule has 0 saturated heterocycles. The molecule has 0 unspecified atom stereocenters. The predicted molar refractivity (Wildman–Crippen MR) is 112 cm³/mol. The summed E-state index contributed by atoms with van der Waals surface area (Å²) in [6, 6.07) is 0. The van der Waals surface area contributed by atoms with Gasteiger partial charge in [0.25, 0.3) is 0 Å². The zero-order chi connectivity index (χ0) is 21.0. The highest BCUT2D eigenvalue weighted by Crippen LogP contribution is 2.72. The Morgan fingerprint density at radius 3 is 2.48 bits per heavy atom. The molecule has 7 atom stereocenters. The van der Waals surface area contributed by atoms with E-state index in [4.69, 9.17) is 4.74 Å². The molecule has 0 aromatic rings. The van der Waals surface area contributed by atoms with E-state index in [0.717, 1.165) is 19.3 Å². The SMILES string of the molecule is CC(C)CC(=O)OC[C@H]1C[C@@]23CC[C@H]4[C@@](C)(CCC[C@@]4(C)C(=O)O)[C@H]2CC[C@@H]1C3. The Bertz CT molecular complexity index is 672. The van der Waals surface area contributed by atoms with E-state index in [1.165, 1.54) is 38.5 Å². The van der Waals surface area contributed by atoms with Gasteiger partial charge in [-0.3, -0.25) is 9.59 Å². The third-order valence-corrected chi connectivity index (χ3v) is 9.79. The van der Waals surface area contributed by atoms with Crippen LogP contribution >= 0.6 is 0 Å². The zero-order valence-electron chi connectivity index (χ0n) is 18.8. The highest BCUT2D eigenvalue weighted by molar-refractivity contribution is 5.75. The highest BCUT2D eigenvalue weighted by Gasteiger charge is 2.65. The number of hydrogen-bond donors (Lipinski definition) is 1. The fourth-order valence-corrected chi connectivity index (χ4v) is 8.63. The van der Waals surface area contributed by atoms with Gasteiger partial charge in [-0.05, 0) is 98.7 Å². The molecule has 0 radical (unpaired) electrons. The quantitative estimate of drug-likeness (QED) is 0.598. The van der Waals surface area contributed by atoms with Gasteiger partial charge < -0.3 is 9.84 Å². The van der Waals surface area contributed by atoms with Crippen molar-refractivity contribution >= 4 is 11.9 Å². The molecule has 4 fully saturated rings. The molecule has 164 valence electrons. The number of carboxylic acid groups (broad SMARTS) is 1. The average molecular weight is 405 g/mol. The Hall–Kier alpha value is -1.06. The van der Waals surface area contributed by atoms with Gasteiger partial charge in [0.05, 0.1) is 12.0 Å². The molecule has 4 aliphatic rings. The number of carbonyl (C=O) groups is 2. The minimum absolute atomic E-state index is 0.0457. The van der Waals surface area contributed by atoms with Crippen LogP contribution in [0.15, 0.2) is 0 Å². The molecule has 0 amide bonds. The number of esters is 1. The molecular weight excluding hydrogens is 364 g/mol. The van der Waals surface area contributed by atoms with E-state index in [1.807, 2.05) is 6.92 Å². The van der Waals surface area contributed by atoms with Crippen molar-refractivity contribution in [2.24, 2.45) is 45.8 Å². The van der Waals surface area contributed by atoms with E-state index in [9.17, 15) is 14.7 Å². The average Bonchev–Trinajstić information content (AvgIpc) is 2.89. The van der Waals surface area contributed by atoms with Crippen molar-refractivity contribution in [1.29, 1.82) is 0 Å². The van der Waals surface area contributed by atoms with Crippen molar-refractivity contribution in [3.05, 3.63) is 0 Å². The molecule has 29 heavy (non-hydrogen) atoms. The normalized spacial score (nSPS) is 46.1. The van der Waals surface area contributed by atoms with Crippen LogP contribution in [0.25, 0.3) is 0 Å². The van der Waals surface area contributed by atoms with Crippen LogP contribution in [0.5, 0.6) is 0 Å². The van der Waals surface area contributed by atoms with Crippen LogP contribution in [0.1, 0.15) is 91.9 Å². The van der Waals surface area contributed by atoms with Gasteiger partial charge in [0, 0.05) is 6.42 Å². The molecule has 4 heteroatoms. The second-order valence-electron chi connectivity index (χ2n) is 11.9. The largest absolute Gasteiger partial charge is 0.481 e. The van der Waals surface area contributed by atoms with Gasteiger partial charge in [0.2, 0.25) is 0 Å². The molecule has 4 rings (SSSR count). The third kappa shape index (κ3) is 3.33. The molecule has 1 spiro atoms. The molecule has 0 aliphatic heterocycles. The molecule has 0 aromatic carbocycles. The monoisotopic (exact) mass is 404 g/mol. The Balaban J connectivity index is 1.51. The first-order valence-electron chi connectivity index (χ1n) is 12.0. The maximum absolute atomic E-state index is 12.2. The molecule has 1 N–H and O–H groups in total. The van der Waals surface area contributed by atoms with Gasteiger partial charge in [0.1, 0.15) is 0 Å². The van der Waals surface area contributed by atoms with Crippen LogP contribution in [-0.4, -0.2) is 23.7 Å². The van der Waals surface area contributed by atoms with E-state index >= 15 is 0 Å². The van der Waals surface area contributed by atoms with Crippen molar-refractivity contribution in [2.45, 2.75) is 91.9 Å². The van der Waals surface area contributed by atoms with Crippen LogP contribution < -0.4 is 0 Å². The number of ether oxygens (including phenoxy) is 1. The Morgan fingerprint density at radius 2 is 1.79 bits per heavy atom. The first-order valence-corrected chi connectivity index (χ1v) is 12.0. The van der Waals surface area contributed by atoms with Crippen LogP contribution in [0.4, 0.5) is 0 Å². The van der Waals surface area contributed by atoms with Crippen molar-refractivity contribution in [3.8, 4) is 0 Å². The summed E-state index contributed by atoms with van der Waals surface area (Å²) in [6.07, 6.45) is 10.7. The summed E-state index contributed by atoms with van der Waals surface area (Å²) >= 11 is 0. The van der Waals surface area contributed by atoms with Gasteiger partial charge in [-0.2, -0.15) is 0 Å². The number of rotatable bonds is 5. The van der Waals surface area contributed by atoms with Crippen molar-refractivity contribution in [2.75, 3.05) is 6.61 Å². The summed E-state index contributed by atoms with van der Waals surface area (Å²) in [7, 11) is 0. The Kier molecular flexibility index (Phi) is 5.31. The fraction of sp³-hybridized carbons (Fsp3) is 0.920. The number of aliphatic carboxylic acids is 1. The summed E-state index contributed by atoms with van der Waals surface area (Å²) in [4.78, 5) is 24.3. The third-order valence-electron chi connectivity index (χ3n) is 9.79. The maximum atomic E-state index is 12.2. The molecule has 4 nitrogen and oxygen atoms in total. The summed E-state index contributed by atoms with van der Waals surface area (Å²) in [5.74, 6) is 1.85. The van der Waals surface area contributed by atoms with Crippen LogP contribution in [0, 0.1) is 45.8 Å². The number of carbonyl (C=O) groups excluding carboxylic acids is 1. The van der Waals surface area contributed by atoms with Gasteiger partial charge in [0.15, 0.2) is 0 Å². The van der Waals surface area contributed by atoms with Gasteiger partial charge >= 0.3 is 11.9 Å². The molecule has 4 saturated carbocycles. The molecule has 0 aromatic heterocycles. The van der Waals surface area contributed by atoms with E-state index in [0.29, 0.717) is 48.0 Å². The second kappa shape index (κ2) is 7.27. The van der Waals surface area contributed by atoms with Crippen molar-refractivity contribution in [3.63, 3.8) is 0 Å². The minimum Gasteiger partial charge on any atom is -0.481 e. The van der Waals surface area contributed by atoms with Crippen molar-refractivity contribution < 1.29 is 19.4 Å². The number of carboxylic acids is 1. The Labute approximate surface area is 176 Å². The summed E-state index contributed by atoms with van der Waals surface area (Å²) < 4.78 is 5.70. The first kappa shape index (κ1) is 21.2. The standard InChI is InChI=1S/C25H40O4/c1-16(2)12-21(26)29-15-18-14-25-11-8-19-23(3,20(25)7-6-17(18)13-25)9-5-10-24(19,4)22(27)28/h16-20H,5-15H2,1-4H3,(H,27,28)/t17-,18-,19+,20-,23-,24-,25+/m1/s1. The molecular formula is C25H40O4. The van der Waals surface area contributed by atoms with E-state index < -0.39 is 11.4 Å². The van der Waals surface area contributed by atoms with Gasteiger partial charge in [-0.25, -0.2) is 0 Å². The van der Waals surface area contributed by atoms with Crippen LogP contribution in [0.3, 0.4) is 0 Å². The second-order valence-corrected chi connectivity index (χ2v) is 11.9. The van der Waals surface area contributed by atoms with Crippen LogP contribution in [-0.2, 0) is 14.3 Å². The summed E-state index contributed by atoms with van der Waals surface area (Å²) in [5.41, 5.74) is -0.0479. The fourth-order valence-electron chi connectivity index (χ4n) is 8.63. The van der Waals surface area contributed by atoms with Crippen molar-refractivity contribution in [1.82, 2.24) is 0 Å². The minimum atomic E-state index is -0.584. The number of hydrogen-bond acceptors (Lipinski definition) is 3. The first-order chi connectivity index (χ1) is 13.6. The van der Waals surface area contributed by atoms with Gasteiger partial charge in [-0.1, -0.05) is 27.2 Å². The lowest BCUT2D eigenvalue weighted by Gasteiger charge is -2.63. The maximum Gasteiger partial charge on any atom is 0.309 e. The summed E-state index contributed by atoms with van der Waals surface area (Å²) in [5, 5.41) is 10.1. The van der Waals surface area contributed by atoms with Gasteiger partial charge in [-0.15, -0.1) is 0 Å². The van der Waals surface area contributed by atoms with Crippen LogP contribution in [0.2, 0.25) is 0 Å².